The second-order valence-electron chi connectivity index (χ2n) is 4.63. The van der Waals surface area contributed by atoms with Crippen LogP contribution in [0.5, 0.6) is 5.75 Å². The summed E-state index contributed by atoms with van der Waals surface area (Å²) in [5.41, 5.74) is 1.67. The van der Waals surface area contributed by atoms with Crippen LogP contribution in [0.4, 0.5) is 8.78 Å². The number of nitrogens with one attached hydrogen (secondary N) is 1. The lowest BCUT2D eigenvalue weighted by Crippen LogP contribution is -2.18. The largest absolute Gasteiger partial charge is 0.494 e. The predicted molar refractivity (Wildman–Crippen MR) is 74.6 cm³/mol. The van der Waals surface area contributed by atoms with Gasteiger partial charge in [0.2, 0.25) is 0 Å². The molecule has 0 fully saturated rings. The zero-order valence-electron chi connectivity index (χ0n) is 11.5. The summed E-state index contributed by atoms with van der Waals surface area (Å²) in [6, 6.07) is 11.2. The smallest absolute Gasteiger partial charge is 0.165 e. The van der Waals surface area contributed by atoms with Crippen molar-refractivity contribution < 1.29 is 13.5 Å². The van der Waals surface area contributed by atoms with Gasteiger partial charge in [-0.1, -0.05) is 18.2 Å². The highest BCUT2D eigenvalue weighted by Crippen LogP contribution is 2.19. The standard InChI is InChI=1S/C16H17F2NO/c1-11(13-4-3-5-14(17)9-13)19-10-12-6-7-16(20-2)15(18)8-12/h3-9,11,19H,10H2,1-2H3/t11-/m0/s1. The van der Waals surface area contributed by atoms with Gasteiger partial charge < -0.3 is 10.1 Å². The van der Waals surface area contributed by atoms with Crippen molar-refractivity contribution >= 4 is 0 Å². The number of benzene rings is 2. The molecule has 0 unspecified atom stereocenters. The number of methoxy groups -OCH3 is 1. The maximum atomic E-state index is 13.5. The summed E-state index contributed by atoms with van der Waals surface area (Å²) >= 11 is 0. The van der Waals surface area contributed by atoms with Gasteiger partial charge in [0.1, 0.15) is 5.82 Å². The summed E-state index contributed by atoms with van der Waals surface area (Å²) in [6.07, 6.45) is 0. The first-order valence-corrected chi connectivity index (χ1v) is 6.41. The Bertz CT molecular complexity index is 586. The van der Waals surface area contributed by atoms with Crippen LogP contribution in [0.3, 0.4) is 0 Å². The van der Waals surface area contributed by atoms with Gasteiger partial charge in [-0.25, -0.2) is 8.78 Å². The molecule has 0 saturated heterocycles. The van der Waals surface area contributed by atoms with Gasteiger partial charge in [0.25, 0.3) is 0 Å². The lowest BCUT2D eigenvalue weighted by atomic mass is 10.1. The Kier molecular flexibility index (Phi) is 4.69. The van der Waals surface area contributed by atoms with E-state index in [0.717, 1.165) is 11.1 Å². The SMILES string of the molecule is COc1ccc(CN[C@@H](C)c2cccc(F)c2)cc1F. The fraction of sp³-hybridized carbons (Fsp3) is 0.250. The molecule has 20 heavy (non-hydrogen) atoms. The third kappa shape index (κ3) is 3.54. The molecular weight excluding hydrogens is 260 g/mol. The summed E-state index contributed by atoms with van der Waals surface area (Å²) in [5.74, 6) is -0.413. The Hall–Kier alpha value is -1.94. The molecule has 0 radical (unpaired) electrons. The number of hydrogen-bond acceptors (Lipinski definition) is 2. The van der Waals surface area contributed by atoms with E-state index in [2.05, 4.69) is 5.32 Å². The molecule has 0 aliphatic carbocycles. The highest BCUT2D eigenvalue weighted by atomic mass is 19.1. The molecule has 2 nitrogen and oxygen atoms in total. The average Bonchev–Trinajstić information content (AvgIpc) is 2.45. The molecule has 2 aromatic carbocycles. The molecule has 0 bridgehead atoms. The number of rotatable bonds is 5. The molecule has 0 spiro atoms. The Labute approximate surface area is 117 Å². The fourth-order valence-corrected chi connectivity index (χ4v) is 1.98. The summed E-state index contributed by atoms with van der Waals surface area (Å²) < 4.78 is 31.6. The maximum absolute atomic E-state index is 13.5. The van der Waals surface area contributed by atoms with Crippen LogP contribution in [0.15, 0.2) is 42.5 Å². The molecule has 0 aromatic heterocycles. The molecule has 0 amide bonds. The van der Waals surface area contributed by atoms with Crippen molar-refractivity contribution in [2.24, 2.45) is 0 Å². The lowest BCUT2D eigenvalue weighted by Gasteiger charge is -2.14. The third-order valence-corrected chi connectivity index (χ3v) is 3.18. The predicted octanol–water partition coefficient (Wildman–Crippen LogP) is 3.82. The summed E-state index contributed by atoms with van der Waals surface area (Å²) in [6.45, 7) is 2.44. The summed E-state index contributed by atoms with van der Waals surface area (Å²) in [5, 5.41) is 3.23. The van der Waals surface area contributed by atoms with Crippen molar-refractivity contribution in [1.29, 1.82) is 0 Å². The molecule has 0 aliphatic heterocycles. The molecule has 1 atom stereocenters. The van der Waals surface area contributed by atoms with Crippen molar-refractivity contribution in [3.8, 4) is 5.75 Å². The van der Waals surface area contributed by atoms with E-state index in [1.807, 2.05) is 13.0 Å². The Morgan fingerprint density at radius 1 is 1.15 bits per heavy atom. The van der Waals surface area contributed by atoms with Crippen molar-refractivity contribution in [2.75, 3.05) is 7.11 Å². The van der Waals surface area contributed by atoms with Crippen LogP contribution in [0.1, 0.15) is 24.1 Å². The topological polar surface area (TPSA) is 21.3 Å². The van der Waals surface area contributed by atoms with Crippen LogP contribution in [0, 0.1) is 11.6 Å². The summed E-state index contributed by atoms with van der Waals surface area (Å²) in [4.78, 5) is 0. The van der Waals surface area contributed by atoms with E-state index in [9.17, 15) is 8.78 Å². The second-order valence-corrected chi connectivity index (χ2v) is 4.63. The Morgan fingerprint density at radius 2 is 1.95 bits per heavy atom. The molecule has 0 heterocycles. The number of halogens is 2. The minimum atomic E-state index is -0.384. The van der Waals surface area contributed by atoms with E-state index in [-0.39, 0.29) is 23.4 Å². The van der Waals surface area contributed by atoms with Crippen LogP contribution in [-0.2, 0) is 6.54 Å². The molecule has 1 N–H and O–H groups in total. The fourth-order valence-electron chi connectivity index (χ4n) is 1.98. The highest BCUT2D eigenvalue weighted by molar-refractivity contribution is 5.29. The van der Waals surface area contributed by atoms with E-state index >= 15 is 0 Å². The first-order chi connectivity index (χ1) is 9.60. The van der Waals surface area contributed by atoms with Crippen LogP contribution < -0.4 is 10.1 Å². The van der Waals surface area contributed by atoms with E-state index in [1.54, 1.807) is 18.2 Å². The van der Waals surface area contributed by atoms with Crippen LogP contribution in [0.2, 0.25) is 0 Å². The van der Waals surface area contributed by atoms with Gasteiger partial charge in [0.15, 0.2) is 11.6 Å². The summed E-state index contributed by atoms with van der Waals surface area (Å²) in [7, 11) is 1.43. The molecular formula is C16H17F2NO. The molecule has 0 saturated carbocycles. The minimum Gasteiger partial charge on any atom is -0.494 e. The lowest BCUT2D eigenvalue weighted by molar-refractivity contribution is 0.386. The molecule has 4 heteroatoms. The second kappa shape index (κ2) is 6.48. The third-order valence-electron chi connectivity index (χ3n) is 3.18. The van der Waals surface area contributed by atoms with Gasteiger partial charge >= 0.3 is 0 Å². The van der Waals surface area contributed by atoms with Gasteiger partial charge in [0.05, 0.1) is 7.11 Å². The van der Waals surface area contributed by atoms with Gasteiger partial charge in [-0.3, -0.25) is 0 Å². The monoisotopic (exact) mass is 277 g/mol. The molecule has 2 rings (SSSR count). The van der Waals surface area contributed by atoms with Gasteiger partial charge in [0, 0.05) is 12.6 Å². The molecule has 2 aromatic rings. The average molecular weight is 277 g/mol. The van der Waals surface area contributed by atoms with Crippen molar-refractivity contribution in [2.45, 2.75) is 19.5 Å². The first-order valence-electron chi connectivity index (χ1n) is 6.41. The van der Waals surface area contributed by atoms with E-state index in [1.165, 1.54) is 25.3 Å². The molecule has 106 valence electrons. The molecule has 0 aliphatic rings. The highest BCUT2D eigenvalue weighted by Gasteiger charge is 2.07. The van der Waals surface area contributed by atoms with Crippen molar-refractivity contribution in [3.63, 3.8) is 0 Å². The minimum absolute atomic E-state index is 0.0177. The quantitative estimate of drug-likeness (QED) is 0.897. The van der Waals surface area contributed by atoms with E-state index < -0.39 is 0 Å². The van der Waals surface area contributed by atoms with Gasteiger partial charge in [-0.2, -0.15) is 0 Å². The zero-order valence-corrected chi connectivity index (χ0v) is 11.5. The van der Waals surface area contributed by atoms with Gasteiger partial charge in [-0.05, 0) is 42.3 Å². The normalized spacial score (nSPS) is 12.2. The van der Waals surface area contributed by atoms with Crippen LogP contribution in [0.25, 0.3) is 0 Å². The maximum Gasteiger partial charge on any atom is 0.165 e. The Balaban J connectivity index is 1.99. The van der Waals surface area contributed by atoms with Crippen molar-refractivity contribution in [1.82, 2.24) is 5.32 Å². The van der Waals surface area contributed by atoms with E-state index in [0.29, 0.717) is 6.54 Å². The van der Waals surface area contributed by atoms with Crippen LogP contribution >= 0.6 is 0 Å². The first kappa shape index (κ1) is 14.5. The van der Waals surface area contributed by atoms with Crippen LogP contribution in [-0.4, -0.2) is 7.11 Å². The van der Waals surface area contributed by atoms with Gasteiger partial charge in [-0.15, -0.1) is 0 Å². The van der Waals surface area contributed by atoms with Crippen molar-refractivity contribution in [3.05, 3.63) is 65.2 Å². The number of ether oxygens (including phenoxy) is 1. The zero-order chi connectivity index (χ0) is 14.5. The Morgan fingerprint density at radius 3 is 2.60 bits per heavy atom. The van der Waals surface area contributed by atoms with E-state index in [4.69, 9.17) is 4.74 Å². The number of hydrogen-bond donors (Lipinski definition) is 1.